The Morgan fingerprint density at radius 2 is 2.10 bits per heavy atom. The first-order chi connectivity index (χ1) is 9.71. The van der Waals surface area contributed by atoms with Gasteiger partial charge in [0.15, 0.2) is 0 Å². The van der Waals surface area contributed by atoms with Gasteiger partial charge in [-0.2, -0.15) is 0 Å². The molecule has 0 aliphatic carbocycles. The lowest BCUT2D eigenvalue weighted by molar-refractivity contribution is 0.236. The zero-order valence-electron chi connectivity index (χ0n) is 12.7. The molecule has 0 atom stereocenters. The molecule has 1 aliphatic heterocycles. The molecule has 1 aromatic carbocycles. The van der Waals surface area contributed by atoms with Gasteiger partial charge in [0, 0.05) is 18.7 Å². The van der Waals surface area contributed by atoms with Crippen LogP contribution in [0.3, 0.4) is 0 Å². The highest BCUT2D eigenvalue weighted by atomic mass is 16.2. The molecular weight excluding hydrogens is 246 g/mol. The minimum Gasteiger partial charge on any atom is -0.384 e. The van der Waals surface area contributed by atoms with Crippen molar-refractivity contribution in [3.63, 3.8) is 0 Å². The van der Waals surface area contributed by atoms with Crippen molar-refractivity contribution in [3.8, 4) is 11.8 Å². The van der Waals surface area contributed by atoms with E-state index in [1.54, 1.807) is 0 Å². The molecule has 1 heterocycles. The molecule has 0 unspecified atom stereocenters. The predicted octanol–water partition coefficient (Wildman–Crippen LogP) is 3.04. The van der Waals surface area contributed by atoms with Crippen LogP contribution in [0.25, 0.3) is 0 Å². The summed E-state index contributed by atoms with van der Waals surface area (Å²) in [5.74, 6) is 5.69. The molecule has 0 saturated carbocycles. The zero-order valence-corrected chi connectivity index (χ0v) is 12.7. The maximum absolute atomic E-state index is 8.76. The summed E-state index contributed by atoms with van der Waals surface area (Å²) >= 11 is 0. The Morgan fingerprint density at radius 3 is 2.75 bits per heavy atom. The average Bonchev–Trinajstić information content (AvgIpc) is 2.89. The Labute approximate surface area is 122 Å². The van der Waals surface area contributed by atoms with Crippen LogP contribution < -0.4 is 0 Å². The number of likely N-dealkylation sites (tertiary alicyclic amines) is 1. The van der Waals surface area contributed by atoms with Crippen molar-refractivity contribution in [1.82, 2.24) is 4.90 Å². The Morgan fingerprint density at radius 1 is 1.30 bits per heavy atom. The Kier molecular flexibility index (Phi) is 5.23. The Bertz CT molecular complexity index is 494. The van der Waals surface area contributed by atoms with Crippen LogP contribution in [0.5, 0.6) is 0 Å². The molecule has 0 aromatic heterocycles. The lowest BCUT2D eigenvalue weighted by Crippen LogP contribution is -2.26. The second kappa shape index (κ2) is 6.92. The molecular formula is C18H25NO. The third-order valence-electron chi connectivity index (χ3n) is 4.66. The van der Waals surface area contributed by atoms with Crippen LogP contribution in [0.2, 0.25) is 0 Å². The molecule has 0 bridgehead atoms. The van der Waals surface area contributed by atoms with Crippen LogP contribution in [0.4, 0.5) is 0 Å². The second-order valence-corrected chi connectivity index (χ2v) is 5.83. The highest BCUT2D eigenvalue weighted by molar-refractivity contribution is 5.37. The van der Waals surface area contributed by atoms with E-state index in [0.29, 0.717) is 5.41 Å². The first-order valence-corrected chi connectivity index (χ1v) is 7.62. The minimum absolute atomic E-state index is 0.0775. The Hall–Kier alpha value is -1.30. The van der Waals surface area contributed by atoms with E-state index in [9.17, 15) is 0 Å². The van der Waals surface area contributed by atoms with Gasteiger partial charge in [0.25, 0.3) is 0 Å². The number of hydrogen-bond donors (Lipinski definition) is 1. The lowest BCUT2D eigenvalue weighted by atomic mass is 9.82. The molecule has 1 saturated heterocycles. The summed E-state index contributed by atoms with van der Waals surface area (Å²) in [7, 11) is 0. The summed E-state index contributed by atoms with van der Waals surface area (Å²) in [5, 5.41) is 8.76. The van der Waals surface area contributed by atoms with Crippen LogP contribution in [0.15, 0.2) is 24.3 Å². The normalized spacial score (nSPS) is 17.8. The molecule has 0 amide bonds. The molecule has 2 rings (SSSR count). The van der Waals surface area contributed by atoms with Crippen molar-refractivity contribution in [2.45, 2.75) is 39.7 Å². The first-order valence-electron chi connectivity index (χ1n) is 7.62. The van der Waals surface area contributed by atoms with Crippen molar-refractivity contribution in [3.05, 3.63) is 35.4 Å². The fourth-order valence-corrected chi connectivity index (χ4v) is 3.14. The summed E-state index contributed by atoms with van der Waals surface area (Å²) in [6.07, 6.45) is 3.88. The van der Waals surface area contributed by atoms with E-state index < -0.39 is 0 Å². The largest absolute Gasteiger partial charge is 0.384 e. The number of nitrogens with zero attached hydrogens (tertiary/aromatic N) is 1. The van der Waals surface area contributed by atoms with Crippen LogP contribution in [0.1, 0.15) is 44.2 Å². The highest BCUT2D eigenvalue weighted by Gasteiger charge is 2.34. The van der Waals surface area contributed by atoms with Crippen LogP contribution >= 0.6 is 0 Å². The molecule has 1 N–H and O–H groups in total. The number of benzene rings is 1. The van der Waals surface area contributed by atoms with Gasteiger partial charge in [0.05, 0.1) is 0 Å². The predicted molar refractivity (Wildman–Crippen MR) is 83.3 cm³/mol. The van der Waals surface area contributed by atoms with E-state index in [-0.39, 0.29) is 6.61 Å². The zero-order chi connectivity index (χ0) is 14.4. The van der Waals surface area contributed by atoms with Crippen molar-refractivity contribution >= 4 is 0 Å². The molecule has 20 heavy (non-hydrogen) atoms. The maximum Gasteiger partial charge on any atom is 0.104 e. The van der Waals surface area contributed by atoms with E-state index in [2.05, 4.69) is 48.8 Å². The van der Waals surface area contributed by atoms with Gasteiger partial charge in [0.2, 0.25) is 0 Å². The van der Waals surface area contributed by atoms with Crippen molar-refractivity contribution < 1.29 is 5.11 Å². The molecule has 2 heteroatoms. The summed E-state index contributed by atoms with van der Waals surface area (Å²) < 4.78 is 0. The number of aliphatic hydroxyl groups is 1. The molecule has 2 nitrogen and oxygen atoms in total. The average molecular weight is 271 g/mol. The van der Waals surface area contributed by atoms with Crippen LogP contribution in [-0.4, -0.2) is 29.7 Å². The second-order valence-electron chi connectivity index (χ2n) is 5.83. The summed E-state index contributed by atoms with van der Waals surface area (Å²) in [6.45, 7) is 7.99. The van der Waals surface area contributed by atoms with Crippen molar-refractivity contribution in [1.29, 1.82) is 0 Å². The van der Waals surface area contributed by atoms with Gasteiger partial charge in [-0.3, -0.25) is 4.90 Å². The Balaban J connectivity index is 2.01. The smallest absolute Gasteiger partial charge is 0.104 e. The fraction of sp³-hybridized carbons (Fsp3) is 0.556. The molecule has 1 aromatic rings. The summed E-state index contributed by atoms with van der Waals surface area (Å²) in [6, 6.07) is 8.36. The van der Waals surface area contributed by atoms with E-state index in [1.165, 1.54) is 37.9 Å². The molecule has 1 aliphatic rings. The van der Waals surface area contributed by atoms with Gasteiger partial charge >= 0.3 is 0 Å². The molecule has 1 fully saturated rings. The van der Waals surface area contributed by atoms with Gasteiger partial charge in [-0.15, -0.1) is 0 Å². The van der Waals surface area contributed by atoms with Gasteiger partial charge in [-0.25, -0.2) is 0 Å². The highest BCUT2D eigenvalue weighted by Crippen LogP contribution is 2.37. The molecule has 108 valence electrons. The number of aliphatic hydroxyl groups excluding tert-OH is 1. The topological polar surface area (TPSA) is 23.5 Å². The van der Waals surface area contributed by atoms with E-state index in [0.717, 1.165) is 12.1 Å². The molecule has 0 spiro atoms. The van der Waals surface area contributed by atoms with Gasteiger partial charge in [-0.1, -0.05) is 37.8 Å². The minimum atomic E-state index is -0.0775. The van der Waals surface area contributed by atoms with E-state index >= 15 is 0 Å². The fourth-order valence-electron chi connectivity index (χ4n) is 3.14. The standard InChI is InChI=1S/C18H25NO/c1-3-18(4-2)10-11-19(15-18)14-17-8-5-7-16(13-17)9-6-12-20/h5,7-8,13,20H,3-4,10-12,14-15H2,1-2H3. The third-order valence-corrected chi connectivity index (χ3v) is 4.66. The quantitative estimate of drug-likeness (QED) is 0.851. The van der Waals surface area contributed by atoms with Crippen LogP contribution in [0, 0.1) is 17.3 Å². The first kappa shape index (κ1) is 15.1. The number of hydrogen-bond acceptors (Lipinski definition) is 2. The monoisotopic (exact) mass is 271 g/mol. The van der Waals surface area contributed by atoms with Gasteiger partial charge < -0.3 is 5.11 Å². The van der Waals surface area contributed by atoms with Crippen LogP contribution in [-0.2, 0) is 6.54 Å². The van der Waals surface area contributed by atoms with Gasteiger partial charge in [-0.05, 0) is 48.9 Å². The van der Waals surface area contributed by atoms with E-state index in [4.69, 9.17) is 5.11 Å². The summed E-state index contributed by atoms with van der Waals surface area (Å²) in [5.41, 5.74) is 2.85. The van der Waals surface area contributed by atoms with Crippen molar-refractivity contribution in [2.24, 2.45) is 5.41 Å². The SMILES string of the molecule is CCC1(CC)CCN(Cc2cccc(C#CCO)c2)C1. The van der Waals surface area contributed by atoms with Crippen molar-refractivity contribution in [2.75, 3.05) is 19.7 Å². The van der Waals surface area contributed by atoms with E-state index in [1.807, 2.05) is 6.07 Å². The lowest BCUT2D eigenvalue weighted by Gasteiger charge is -2.26. The summed E-state index contributed by atoms with van der Waals surface area (Å²) in [4.78, 5) is 2.56. The molecule has 0 radical (unpaired) electrons. The van der Waals surface area contributed by atoms with Gasteiger partial charge in [0.1, 0.15) is 6.61 Å². The number of rotatable bonds is 4. The third kappa shape index (κ3) is 3.62. The maximum atomic E-state index is 8.76.